The Morgan fingerprint density at radius 2 is 1.75 bits per heavy atom. The van der Waals surface area contributed by atoms with Crippen LogP contribution in [0, 0.1) is 11.3 Å². The first-order valence-corrected chi connectivity index (χ1v) is 6.30. The molecule has 0 bridgehead atoms. The van der Waals surface area contributed by atoms with E-state index in [1.165, 1.54) is 0 Å². The third kappa shape index (κ3) is 1.81. The molecule has 106 valence electrons. The van der Waals surface area contributed by atoms with Gasteiger partial charge in [-0.3, -0.25) is 9.59 Å². The Morgan fingerprint density at radius 1 is 1.20 bits per heavy atom. The second kappa shape index (κ2) is 5.25. The predicted octanol–water partition coefficient (Wildman–Crippen LogP) is 1.58. The van der Waals surface area contributed by atoms with Crippen molar-refractivity contribution in [1.29, 1.82) is 0 Å². The molecule has 2 rings (SSSR count). The lowest BCUT2D eigenvalue weighted by Gasteiger charge is -2.13. The van der Waals surface area contributed by atoms with Gasteiger partial charge in [-0.05, 0) is 11.6 Å². The van der Waals surface area contributed by atoms with E-state index < -0.39 is 29.2 Å². The molecule has 1 aliphatic carbocycles. The molecule has 0 heterocycles. The molecule has 1 saturated carbocycles. The Hall–Kier alpha value is -1.88. The SMILES string of the molecule is COC(=O)C1(C(=O)OC)[C@H](C=O)[C@H]1c1ccccc1Cl. The molecule has 6 heteroatoms. The second-order valence-electron chi connectivity index (χ2n) is 4.51. The van der Waals surface area contributed by atoms with E-state index in [1.807, 2.05) is 0 Å². The summed E-state index contributed by atoms with van der Waals surface area (Å²) >= 11 is 6.08. The van der Waals surface area contributed by atoms with Crippen LogP contribution in [0.4, 0.5) is 0 Å². The van der Waals surface area contributed by atoms with E-state index in [4.69, 9.17) is 11.6 Å². The number of benzene rings is 1. The molecule has 1 aliphatic rings. The minimum absolute atomic E-state index is 0.388. The van der Waals surface area contributed by atoms with Crippen molar-refractivity contribution >= 4 is 29.8 Å². The second-order valence-corrected chi connectivity index (χ2v) is 4.92. The molecule has 0 aromatic heterocycles. The van der Waals surface area contributed by atoms with E-state index in [1.54, 1.807) is 24.3 Å². The van der Waals surface area contributed by atoms with E-state index >= 15 is 0 Å². The number of carbonyl (C=O) groups is 3. The lowest BCUT2D eigenvalue weighted by molar-refractivity contribution is -0.162. The number of rotatable bonds is 4. The summed E-state index contributed by atoms with van der Waals surface area (Å²) in [5.41, 5.74) is -1.07. The summed E-state index contributed by atoms with van der Waals surface area (Å²) in [6, 6.07) is 6.76. The van der Waals surface area contributed by atoms with Crippen LogP contribution in [0.5, 0.6) is 0 Å². The third-order valence-corrected chi connectivity index (χ3v) is 4.04. The van der Waals surface area contributed by atoms with Gasteiger partial charge in [-0.2, -0.15) is 0 Å². The van der Waals surface area contributed by atoms with Crippen molar-refractivity contribution in [3.8, 4) is 0 Å². The summed E-state index contributed by atoms with van der Waals surface area (Å²) in [6.07, 6.45) is 0.571. The van der Waals surface area contributed by atoms with Crippen molar-refractivity contribution in [3.05, 3.63) is 34.9 Å². The van der Waals surface area contributed by atoms with Gasteiger partial charge in [-0.25, -0.2) is 0 Å². The normalized spacial score (nSPS) is 22.8. The molecule has 1 fully saturated rings. The van der Waals surface area contributed by atoms with Crippen LogP contribution < -0.4 is 0 Å². The zero-order valence-corrected chi connectivity index (χ0v) is 11.7. The molecule has 5 nitrogen and oxygen atoms in total. The number of esters is 2. The summed E-state index contributed by atoms with van der Waals surface area (Å²) in [7, 11) is 2.33. The van der Waals surface area contributed by atoms with Crippen molar-refractivity contribution in [3.63, 3.8) is 0 Å². The van der Waals surface area contributed by atoms with Crippen LogP contribution in [0.3, 0.4) is 0 Å². The molecular formula is C14H13ClO5. The Kier molecular flexibility index (Phi) is 3.81. The highest BCUT2D eigenvalue weighted by Crippen LogP contribution is 2.66. The van der Waals surface area contributed by atoms with Crippen LogP contribution in [-0.4, -0.2) is 32.4 Å². The Balaban J connectivity index is 2.53. The van der Waals surface area contributed by atoms with Gasteiger partial charge in [0.1, 0.15) is 6.29 Å². The number of methoxy groups -OCH3 is 2. The first kappa shape index (κ1) is 14.5. The molecule has 0 aliphatic heterocycles. The van der Waals surface area contributed by atoms with Crippen molar-refractivity contribution < 1.29 is 23.9 Å². The third-order valence-electron chi connectivity index (χ3n) is 3.70. The van der Waals surface area contributed by atoms with E-state index in [9.17, 15) is 14.4 Å². The number of carbonyl (C=O) groups excluding carboxylic acids is 3. The van der Waals surface area contributed by atoms with E-state index in [2.05, 4.69) is 9.47 Å². The van der Waals surface area contributed by atoms with Crippen LogP contribution >= 0.6 is 11.6 Å². The fourth-order valence-corrected chi connectivity index (χ4v) is 2.97. The molecule has 0 unspecified atom stereocenters. The number of ether oxygens (including phenoxy) is 2. The van der Waals surface area contributed by atoms with Crippen LogP contribution in [0.15, 0.2) is 24.3 Å². The summed E-state index contributed by atoms with van der Waals surface area (Å²) in [5.74, 6) is -3.06. The van der Waals surface area contributed by atoms with Crippen LogP contribution in [0.2, 0.25) is 5.02 Å². The topological polar surface area (TPSA) is 69.7 Å². The molecule has 0 spiro atoms. The van der Waals surface area contributed by atoms with Gasteiger partial charge < -0.3 is 14.3 Å². The first-order valence-electron chi connectivity index (χ1n) is 5.92. The van der Waals surface area contributed by atoms with Crippen molar-refractivity contribution in [2.24, 2.45) is 11.3 Å². The van der Waals surface area contributed by atoms with Gasteiger partial charge in [0.2, 0.25) is 0 Å². The highest BCUT2D eigenvalue weighted by atomic mass is 35.5. The quantitative estimate of drug-likeness (QED) is 0.479. The van der Waals surface area contributed by atoms with Gasteiger partial charge in [0.05, 0.1) is 20.1 Å². The number of aldehydes is 1. The lowest BCUT2D eigenvalue weighted by Crippen LogP contribution is -2.32. The average molecular weight is 297 g/mol. The summed E-state index contributed by atoms with van der Waals surface area (Å²) in [4.78, 5) is 35.3. The van der Waals surface area contributed by atoms with Gasteiger partial charge >= 0.3 is 11.9 Å². The van der Waals surface area contributed by atoms with Crippen LogP contribution in [0.25, 0.3) is 0 Å². The number of hydrogen-bond acceptors (Lipinski definition) is 5. The maximum Gasteiger partial charge on any atom is 0.324 e. The van der Waals surface area contributed by atoms with Crippen LogP contribution in [0.1, 0.15) is 11.5 Å². The van der Waals surface area contributed by atoms with Crippen LogP contribution in [-0.2, 0) is 23.9 Å². The number of halogens is 1. The molecule has 1 aromatic carbocycles. The highest BCUT2D eigenvalue weighted by molar-refractivity contribution is 6.31. The Morgan fingerprint density at radius 3 is 2.20 bits per heavy atom. The van der Waals surface area contributed by atoms with E-state index in [0.29, 0.717) is 16.9 Å². The van der Waals surface area contributed by atoms with Gasteiger partial charge in [0.15, 0.2) is 5.41 Å². The minimum Gasteiger partial charge on any atom is -0.468 e. The molecular weight excluding hydrogens is 284 g/mol. The zero-order chi connectivity index (χ0) is 14.9. The van der Waals surface area contributed by atoms with Crippen molar-refractivity contribution in [2.75, 3.05) is 14.2 Å². The largest absolute Gasteiger partial charge is 0.468 e. The molecule has 0 N–H and O–H groups in total. The van der Waals surface area contributed by atoms with Gasteiger partial charge in [0.25, 0.3) is 0 Å². The molecule has 0 radical (unpaired) electrons. The van der Waals surface area contributed by atoms with Gasteiger partial charge in [-0.15, -0.1) is 0 Å². The highest BCUT2D eigenvalue weighted by Gasteiger charge is 2.77. The minimum atomic E-state index is -1.63. The average Bonchev–Trinajstić information content (AvgIpc) is 3.15. The maximum absolute atomic E-state index is 12.0. The predicted molar refractivity (Wildman–Crippen MR) is 70.2 cm³/mol. The molecule has 20 heavy (non-hydrogen) atoms. The van der Waals surface area contributed by atoms with Crippen molar-refractivity contribution in [2.45, 2.75) is 5.92 Å². The smallest absolute Gasteiger partial charge is 0.324 e. The fourth-order valence-electron chi connectivity index (χ4n) is 2.71. The van der Waals surface area contributed by atoms with Crippen molar-refractivity contribution in [1.82, 2.24) is 0 Å². The molecule has 0 saturated heterocycles. The fraction of sp³-hybridized carbons (Fsp3) is 0.357. The number of hydrogen-bond donors (Lipinski definition) is 0. The lowest BCUT2D eigenvalue weighted by atomic mass is 9.99. The Labute approximate surface area is 120 Å². The monoisotopic (exact) mass is 296 g/mol. The summed E-state index contributed by atoms with van der Waals surface area (Å²) in [6.45, 7) is 0. The Bertz CT molecular complexity index is 552. The van der Waals surface area contributed by atoms with E-state index in [0.717, 1.165) is 14.2 Å². The zero-order valence-electron chi connectivity index (χ0n) is 11.0. The molecule has 0 amide bonds. The first-order chi connectivity index (χ1) is 9.55. The van der Waals surface area contributed by atoms with E-state index in [-0.39, 0.29) is 0 Å². The molecule has 1 aromatic rings. The summed E-state index contributed by atoms with van der Waals surface area (Å²) in [5, 5.41) is 0.388. The van der Waals surface area contributed by atoms with Gasteiger partial charge in [0, 0.05) is 10.9 Å². The summed E-state index contributed by atoms with van der Waals surface area (Å²) < 4.78 is 9.36. The molecule has 2 atom stereocenters. The van der Waals surface area contributed by atoms with Gasteiger partial charge in [-0.1, -0.05) is 29.8 Å². The maximum atomic E-state index is 12.0. The standard InChI is InChI=1S/C14H13ClO5/c1-19-12(17)14(13(18)20-2)9(7-16)11(14)8-5-3-4-6-10(8)15/h3-7,9,11H,1-2H3/t9-,11-/m1/s1.